The Morgan fingerprint density at radius 3 is 2.40 bits per heavy atom. The molecule has 0 saturated heterocycles. The minimum atomic E-state index is -0.424. The first kappa shape index (κ1) is 17.9. The van der Waals surface area contributed by atoms with Crippen molar-refractivity contribution >= 4 is 17.2 Å². The van der Waals surface area contributed by atoms with E-state index in [1.54, 1.807) is 18.2 Å². The third kappa shape index (κ3) is 3.30. The molecule has 0 fully saturated rings. The van der Waals surface area contributed by atoms with Crippen LogP contribution in [-0.4, -0.2) is 7.11 Å². The summed E-state index contributed by atoms with van der Waals surface area (Å²) in [6.45, 7) is 4.31. The van der Waals surface area contributed by atoms with Crippen LogP contribution < -0.4 is 4.74 Å². The molecule has 132 valence electrons. The molecule has 2 aromatic carbocycles. The van der Waals surface area contributed by atoms with Crippen LogP contribution >= 0.6 is 11.6 Å². The van der Waals surface area contributed by atoms with E-state index in [1.807, 2.05) is 0 Å². The highest BCUT2D eigenvalue weighted by molar-refractivity contribution is 6.17. The summed E-state index contributed by atoms with van der Waals surface area (Å²) in [5.41, 5.74) is 3.18. The third-order valence-electron chi connectivity index (χ3n) is 4.93. The van der Waals surface area contributed by atoms with E-state index in [4.69, 9.17) is 16.3 Å². The average molecular weight is 363 g/mol. The number of hydrogen-bond acceptors (Lipinski definition) is 1. The highest BCUT2D eigenvalue weighted by Crippen LogP contribution is 2.47. The smallest absolute Gasteiger partial charge is 0.131 e. The van der Waals surface area contributed by atoms with E-state index in [1.165, 1.54) is 19.2 Å². The highest BCUT2D eigenvalue weighted by Gasteiger charge is 2.31. The van der Waals surface area contributed by atoms with Crippen LogP contribution in [0, 0.1) is 17.0 Å². The van der Waals surface area contributed by atoms with E-state index < -0.39 is 11.6 Å². The van der Waals surface area contributed by atoms with Gasteiger partial charge < -0.3 is 4.74 Å². The summed E-state index contributed by atoms with van der Waals surface area (Å²) in [5.74, 6) is -0.222. The molecule has 25 heavy (non-hydrogen) atoms. The molecule has 0 bridgehead atoms. The van der Waals surface area contributed by atoms with Crippen molar-refractivity contribution in [2.75, 3.05) is 7.11 Å². The maximum Gasteiger partial charge on any atom is 0.131 e. The number of benzene rings is 2. The fraction of sp³-hybridized carbons (Fsp3) is 0.333. The SMILES string of the molecule is COc1ccc(F)c(-c2cc(F)c(CCl)cc2C2=CCCC2(C)C)c1. The van der Waals surface area contributed by atoms with Crippen molar-refractivity contribution in [3.63, 3.8) is 0 Å². The van der Waals surface area contributed by atoms with Crippen LogP contribution in [0.5, 0.6) is 5.75 Å². The second-order valence-electron chi connectivity index (χ2n) is 7.01. The van der Waals surface area contributed by atoms with E-state index >= 15 is 0 Å². The zero-order chi connectivity index (χ0) is 18.2. The van der Waals surface area contributed by atoms with E-state index in [-0.39, 0.29) is 11.3 Å². The second kappa shape index (κ2) is 6.80. The van der Waals surface area contributed by atoms with E-state index in [2.05, 4.69) is 19.9 Å². The Labute approximate surface area is 152 Å². The molecule has 0 atom stereocenters. The molecular formula is C21H21ClF2O. The van der Waals surface area contributed by atoms with Gasteiger partial charge in [0.25, 0.3) is 0 Å². The predicted octanol–water partition coefficient (Wildman–Crippen LogP) is 6.58. The quantitative estimate of drug-likeness (QED) is 0.558. The molecule has 3 rings (SSSR count). The number of halogens is 3. The van der Waals surface area contributed by atoms with Gasteiger partial charge in [0, 0.05) is 11.1 Å². The minimum absolute atomic E-state index is 0.0501. The van der Waals surface area contributed by atoms with Crippen LogP contribution in [0.2, 0.25) is 0 Å². The first-order chi connectivity index (χ1) is 11.9. The van der Waals surface area contributed by atoms with Crippen LogP contribution in [-0.2, 0) is 5.88 Å². The molecule has 1 aliphatic rings. The van der Waals surface area contributed by atoms with Crippen molar-refractivity contribution in [3.8, 4) is 16.9 Å². The number of methoxy groups -OCH3 is 1. The van der Waals surface area contributed by atoms with Crippen molar-refractivity contribution in [1.29, 1.82) is 0 Å². The van der Waals surface area contributed by atoms with E-state index in [0.717, 1.165) is 24.0 Å². The lowest BCUT2D eigenvalue weighted by Gasteiger charge is -2.25. The number of allylic oxidation sites excluding steroid dienone is 2. The number of rotatable bonds is 4. The summed E-state index contributed by atoms with van der Waals surface area (Å²) in [6.07, 6.45) is 4.12. The lowest BCUT2D eigenvalue weighted by Crippen LogP contribution is -2.10. The Bertz CT molecular complexity index is 840. The lowest BCUT2D eigenvalue weighted by molar-refractivity contribution is 0.414. The molecule has 0 heterocycles. The molecule has 2 aromatic rings. The van der Waals surface area contributed by atoms with Gasteiger partial charge in [-0.05, 0) is 65.3 Å². The first-order valence-electron chi connectivity index (χ1n) is 8.30. The molecule has 4 heteroatoms. The Balaban J connectivity index is 2.28. The summed E-state index contributed by atoms with van der Waals surface area (Å²) in [4.78, 5) is 0. The van der Waals surface area contributed by atoms with E-state index in [0.29, 0.717) is 22.4 Å². The van der Waals surface area contributed by atoms with Crippen molar-refractivity contribution in [2.24, 2.45) is 5.41 Å². The van der Waals surface area contributed by atoms with Crippen LogP contribution in [0.3, 0.4) is 0 Å². The molecule has 0 aliphatic heterocycles. The lowest BCUT2D eigenvalue weighted by atomic mass is 9.79. The normalized spacial score (nSPS) is 16.0. The number of ether oxygens (including phenoxy) is 1. The van der Waals surface area contributed by atoms with Crippen molar-refractivity contribution in [1.82, 2.24) is 0 Å². The first-order valence-corrected chi connectivity index (χ1v) is 8.84. The Morgan fingerprint density at radius 1 is 1.04 bits per heavy atom. The number of alkyl halides is 1. The summed E-state index contributed by atoms with van der Waals surface area (Å²) in [7, 11) is 1.53. The van der Waals surface area contributed by atoms with Gasteiger partial charge in [0.15, 0.2) is 0 Å². The highest BCUT2D eigenvalue weighted by atomic mass is 35.5. The van der Waals surface area contributed by atoms with Crippen molar-refractivity contribution in [2.45, 2.75) is 32.6 Å². The number of hydrogen-bond donors (Lipinski definition) is 0. The van der Waals surface area contributed by atoms with Gasteiger partial charge >= 0.3 is 0 Å². The van der Waals surface area contributed by atoms with Crippen LogP contribution in [0.15, 0.2) is 36.4 Å². The summed E-state index contributed by atoms with van der Waals surface area (Å²) in [5, 5.41) is 0. The van der Waals surface area contributed by atoms with E-state index in [9.17, 15) is 8.78 Å². The van der Waals surface area contributed by atoms with Gasteiger partial charge in [0.05, 0.1) is 13.0 Å². The fourth-order valence-electron chi connectivity index (χ4n) is 3.47. The topological polar surface area (TPSA) is 9.23 Å². The monoisotopic (exact) mass is 362 g/mol. The molecule has 0 N–H and O–H groups in total. The molecule has 0 aromatic heterocycles. The summed E-state index contributed by atoms with van der Waals surface area (Å²) >= 11 is 5.91. The van der Waals surface area contributed by atoms with Gasteiger partial charge in [-0.15, -0.1) is 11.6 Å². The van der Waals surface area contributed by atoms with Gasteiger partial charge in [-0.3, -0.25) is 0 Å². The molecule has 0 radical (unpaired) electrons. The Morgan fingerprint density at radius 2 is 1.80 bits per heavy atom. The van der Waals surface area contributed by atoms with Gasteiger partial charge in [-0.25, -0.2) is 8.78 Å². The molecule has 1 nitrogen and oxygen atoms in total. The predicted molar refractivity (Wildman–Crippen MR) is 98.9 cm³/mol. The zero-order valence-corrected chi connectivity index (χ0v) is 15.4. The Hall–Kier alpha value is -1.87. The average Bonchev–Trinajstić information content (AvgIpc) is 2.94. The van der Waals surface area contributed by atoms with Gasteiger partial charge in [0.2, 0.25) is 0 Å². The molecule has 1 aliphatic carbocycles. The van der Waals surface area contributed by atoms with Crippen LogP contribution in [0.4, 0.5) is 8.78 Å². The molecule has 0 unspecified atom stereocenters. The fourth-order valence-corrected chi connectivity index (χ4v) is 3.67. The van der Waals surface area contributed by atoms with Crippen LogP contribution in [0.25, 0.3) is 16.7 Å². The molecule has 0 spiro atoms. The maximum absolute atomic E-state index is 14.5. The molecule has 0 saturated carbocycles. The third-order valence-corrected chi connectivity index (χ3v) is 5.22. The summed E-state index contributed by atoms with van der Waals surface area (Å²) < 4.78 is 34.2. The zero-order valence-electron chi connectivity index (χ0n) is 14.6. The second-order valence-corrected chi connectivity index (χ2v) is 7.28. The summed E-state index contributed by atoms with van der Waals surface area (Å²) in [6, 6.07) is 7.66. The van der Waals surface area contributed by atoms with Gasteiger partial charge in [0.1, 0.15) is 17.4 Å². The van der Waals surface area contributed by atoms with Gasteiger partial charge in [-0.2, -0.15) is 0 Å². The van der Waals surface area contributed by atoms with Crippen molar-refractivity contribution in [3.05, 3.63) is 59.2 Å². The minimum Gasteiger partial charge on any atom is -0.497 e. The molecule has 0 amide bonds. The standard InChI is InChI=1S/C21H21ClF2O/c1-21(2)8-4-5-18(21)16-9-13(12-22)20(24)11-15(16)17-10-14(25-3)6-7-19(17)23/h5-7,9-11H,4,8,12H2,1-3H3. The van der Waals surface area contributed by atoms with Gasteiger partial charge in [-0.1, -0.05) is 19.9 Å². The van der Waals surface area contributed by atoms with Crippen molar-refractivity contribution < 1.29 is 13.5 Å². The largest absolute Gasteiger partial charge is 0.497 e. The maximum atomic E-state index is 14.5. The Kier molecular flexibility index (Phi) is 4.88. The van der Waals surface area contributed by atoms with Crippen LogP contribution in [0.1, 0.15) is 37.8 Å². The molecular weight excluding hydrogens is 342 g/mol.